The van der Waals surface area contributed by atoms with Crippen molar-refractivity contribution in [2.24, 2.45) is 0 Å². The summed E-state index contributed by atoms with van der Waals surface area (Å²) in [5, 5.41) is 4.16. The third kappa shape index (κ3) is 5.42. The highest BCUT2D eigenvalue weighted by molar-refractivity contribution is 5.89. The van der Waals surface area contributed by atoms with Gasteiger partial charge >= 0.3 is 0 Å². The van der Waals surface area contributed by atoms with Crippen LogP contribution in [-0.4, -0.2) is 32.5 Å². The number of aromatic nitrogens is 4. The zero-order valence-corrected chi connectivity index (χ0v) is 15.7. The normalized spacial score (nSPS) is 8.64. The van der Waals surface area contributed by atoms with Gasteiger partial charge in [0.25, 0.3) is 0 Å². The maximum absolute atomic E-state index is 11.3. The Bertz CT molecular complexity index is 563. The molecule has 0 atom stereocenters. The highest BCUT2D eigenvalue weighted by Gasteiger charge is 2.15. The fraction of sp³-hybridized carbons (Fsp3) is 0.625. The molecular weight excluding hydrogens is 278 g/mol. The van der Waals surface area contributed by atoms with Gasteiger partial charge in [0.05, 0.1) is 6.20 Å². The zero-order valence-electron chi connectivity index (χ0n) is 15.7. The lowest BCUT2D eigenvalue weighted by molar-refractivity contribution is -0.116. The summed E-state index contributed by atoms with van der Waals surface area (Å²) in [6.45, 7) is 17.2. The Morgan fingerprint density at radius 3 is 2.00 bits per heavy atom. The largest absolute Gasteiger partial charge is 0.284 e. The third-order valence-electron chi connectivity index (χ3n) is 2.41. The minimum Gasteiger partial charge on any atom is -0.284 e. The highest BCUT2D eigenvalue weighted by atomic mass is 16.2. The molecule has 6 heteroatoms. The molecule has 22 heavy (non-hydrogen) atoms. The lowest BCUT2D eigenvalue weighted by Gasteiger charge is -2.14. The molecule has 0 saturated heterocycles. The molecule has 0 saturated carbocycles. The highest BCUT2D eigenvalue weighted by Crippen LogP contribution is 2.14. The Morgan fingerprint density at radius 2 is 1.55 bits per heavy atom. The molecule has 2 aromatic heterocycles. The van der Waals surface area contributed by atoms with Crippen molar-refractivity contribution in [2.75, 3.05) is 11.9 Å². The standard InChI is InChI=1S/C10H13N5O.3C2H6/c1-6-5-11-15-9(6)12-7(2)13-10(15)14(4)8(3)16;3*1-2/h5H,1-4H3;3*1-2H3. The molecule has 0 aromatic carbocycles. The van der Waals surface area contributed by atoms with Crippen LogP contribution in [0.4, 0.5) is 5.95 Å². The van der Waals surface area contributed by atoms with Gasteiger partial charge in [0, 0.05) is 19.5 Å². The van der Waals surface area contributed by atoms with Crippen molar-refractivity contribution < 1.29 is 4.79 Å². The summed E-state index contributed by atoms with van der Waals surface area (Å²) in [5.41, 5.74) is 1.69. The number of hydrogen-bond acceptors (Lipinski definition) is 4. The number of fused-ring (bicyclic) bond motifs is 1. The molecular formula is C16H31N5O. The molecule has 2 heterocycles. The summed E-state index contributed by atoms with van der Waals surface area (Å²) in [6.07, 6.45) is 1.71. The van der Waals surface area contributed by atoms with E-state index in [0.29, 0.717) is 11.8 Å². The van der Waals surface area contributed by atoms with Gasteiger partial charge in [0.2, 0.25) is 11.9 Å². The van der Waals surface area contributed by atoms with Crippen LogP contribution in [0.3, 0.4) is 0 Å². The van der Waals surface area contributed by atoms with Gasteiger partial charge in [-0.25, -0.2) is 4.98 Å². The van der Waals surface area contributed by atoms with Crippen LogP contribution < -0.4 is 4.90 Å². The van der Waals surface area contributed by atoms with E-state index >= 15 is 0 Å². The van der Waals surface area contributed by atoms with E-state index in [0.717, 1.165) is 11.2 Å². The van der Waals surface area contributed by atoms with Crippen LogP contribution in [0.25, 0.3) is 5.65 Å². The molecule has 1 amide bonds. The first-order chi connectivity index (χ1) is 10.5. The van der Waals surface area contributed by atoms with Crippen LogP contribution >= 0.6 is 0 Å². The Labute approximate surface area is 134 Å². The molecule has 0 aliphatic heterocycles. The smallest absolute Gasteiger partial charge is 0.236 e. The van der Waals surface area contributed by atoms with Gasteiger partial charge in [0.15, 0.2) is 5.65 Å². The quantitative estimate of drug-likeness (QED) is 0.803. The first kappa shape index (κ1) is 22.3. The number of hydrogen-bond donors (Lipinski definition) is 0. The zero-order chi connectivity index (χ0) is 17.9. The lowest BCUT2D eigenvalue weighted by atomic mass is 10.4. The molecule has 0 aliphatic carbocycles. The topological polar surface area (TPSA) is 63.4 Å². The van der Waals surface area contributed by atoms with E-state index in [-0.39, 0.29) is 5.91 Å². The van der Waals surface area contributed by atoms with Gasteiger partial charge in [-0.3, -0.25) is 9.69 Å². The Morgan fingerprint density at radius 1 is 1.05 bits per heavy atom. The molecule has 126 valence electrons. The second-order valence-electron chi connectivity index (χ2n) is 3.71. The van der Waals surface area contributed by atoms with Crippen molar-refractivity contribution in [3.05, 3.63) is 17.6 Å². The SMILES string of the molecule is CC.CC.CC.CC(=O)N(C)c1nc(C)nc2c(C)cnn12. The van der Waals surface area contributed by atoms with Crippen molar-refractivity contribution in [3.63, 3.8) is 0 Å². The van der Waals surface area contributed by atoms with Gasteiger partial charge in [-0.1, -0.05) is 41.5 Å². The van der Waals surface area contributed by atoms with Crippen molar-refractivity contribution in [1.82, 2.24) is 19.6 Å². The molecule has 0 bridgehead atoms. The number of anilines is 1. The molecule has 0 fully saturated rings. The number of carbonyl (C=O) groups is 1. The summed E-state index contributed by atoms with van der Waals surface area (Å²) in [6, 6.07) is 0. The Hall–Kier alpha value is -1.98. The van der Waals surface area contributed by atoms with Crippen molar-refractivity contribution in [2.45, 2.75) is 62.3 Å². The Kier molecular flexibility index (Phi) is 11.8. The van der Waals surface area contributed by atoms with Gasteiger partial charge < -0.3 is 0 Å². The van der Waals surface area contributed by atoms with Crippen LogP contribution in [0.5, 0.6) is 0 Å². The molecule has 0 N–H and O–H groups in total. The van der Waals surface area contributed by atoms with E-state index in [1.165, 1.54) is 11.8 Å². The predicted octanol–water partition coefficient (Wildman–Crippen LogP) is 3.80. The van der Waals surface area contributed by atoms with E-state index in [1.54, 1.807) is 24.7 Å². The first-order valence-electron chi connectivity index (χ1n) is 7.94. The van der Waals surface area contributed by atoms with Crippen LogP contribution in [0.1, 0.15) is 59.9 Å². The van der Waals surface area contributed by atoms with Crippen molar-refractivity contribution in [3.8, 4) is 0 Å². The van der Waals surface area contributed by atoms with E-state index < -0.39 is 0 Å². The van der Waals surface area contributed by atoms with E-state index in [1.807, 2.05) is 48.5 Å². The second-order valence-corrected chi connectivity index (χ2v) is 3.71. The monoisotopic (exact) mass is 309 g/mol. The molecule has 0 aliphatic rings. The van der Waals surface area contributed by atoms with Gasteiger partial charge in [-0.15, -0.1) is 0 Å². The van der Waals surface area contributed by atoms with Crippen LogP contribution in [0.2, 0.25) is 0 Å². The van der Waals surface area contributed by atoms with Crippen molar-refractivity contribution >= 4 is 17.5 Å². The fourth-order valence-electron chi connectivity index (χ4n) is 1.43. The molecule has 2 aromatic rings. The van der Waals surface area contributed by atoms with Gasteiger partial charge in [-0.2, -0.15) is 14.6 Å². The van der Waals surface area contributed by atoms with E-state index in [2.05, 4.69) is 15.1 Å². The summed E-state index contributed by atoms with van der Waals surface area (Å²) in [5.74, 6) is 1.02. The first-order valence-corrected chi connectivity index (χ1v) is 7.94. The average molecular weight is 309 g/mol. The van der Waals surface area contributed by atoms with Crippen LogP contribution in [0, 0.1) is 13.8 Å². The number of amides is 1. The number of aryl methyl sites for hydroxylation is 2. The molecule has 6 nitrogen and oxygen atoms in total. The molecule has 2 rings (SSSR count). The number of nitrogens with zero attached hydrogens (tertiary/aromatic N) is 5. The van der Waals surface area contributed by atoms with E-state index in [9.17, 15) is 4.79 Å². The van der Waals surface area contributed by atoms with Crippen molar-refractivity contribution in [1.29, 1.82) is 0 Å². The molecule has 0 unspecified atom stereocenters. The summed E-state index contributed by atoms with van der Waals surface area (Å²) in [4.78, 5) is 21.3. The second kappa shape index (κ2) is 11.7. The van der Waals surface area contributed by atoms with E-state index in [4.69, 9.17) is 0 Å². The van der Waals surface area contributed by atoms with Crippen LogP contribution in [0.15, 0.2) is 6.20 Å². The minimum absolute atomic E-state index is 0.0902. The molecule has 0 spiro atoms. The maximum atomic E-state index is 11.3. The average Bonchev–Trinajstić information content (AvgIpc) is 2.93. The summed E-state index contributed by atoms with van der Waals surface area (Å²) in [7, 11) is 1.67. The summed E-state index contributed by atoms with van der Waals surface area (Å²) >= 11 is 0. The third-order valence-corrected chi connectivity index (χ3v) is 2.41. The molecule has 0 radical (unpaired) electrons. The van der Waals surface area contributed by atoms with Gasteiger partial charge in [-0.05, 0) is 13.8 Å². The number of carbonyl (C=O) groups excluding carboxylic acids is 1. The maximum Gasteiger partial charge on any atom is 0.236 e. The Balaban J connectivity index is 0. The predicted molar refractivity (Wildman–Crippen MR) is 93.4 cm³/mol. The van der Waals surface area contributed by atoms with Gasteiger partial charge in [0.1, 0.15) is 5.82 Å². The number of rotatable bonds is 1. The summed E-state index contributed by atoms with van der Waals surface area (Å²) < 4.78 is 1.57. The fourth-order valence-corrected chi connectivity index (χ4v) is 1.43. The minimum atomic E-state index is -0.0902. The van der Waals surface area contributed by atoms with Crippen LogP contribution in [-0.2, 0) is 4.79 Å². The lowest BCUT2D eigenvalue weighted by Crippen LogP contribution is -2.27.